The van der Waals surface area contributed by atoms with E-state index in [1.54, 1.807) is 81.8 Å². The molecule has 1 aliphatic heterocycles. The third kappa shape index (κ3) is 17.9. The Bertz CT molecular complexity index is 2910. The third-order valence-electron chi connectivity index (χ3n) is 12.7. The van der Waals surface area contributed by atoms with Gasteiger partial charge in [-0.05, 0) is 60.1 Å². The molecule has 5 rings (SSSR count). The first-order valence-electron chi connectivity index (χ1n) is 25.7. The van der Waals surface area contributed by atoms with Crippen LogP contribution in [0.2, 0.25) is 0 Å². The summed E-state index contributed by atoms with van der Waals surface area (Å²) in [5.74, 6) is -9.60. The molecule has 0 saturated carbocycles. The highest BCUT2D eigenvalue weighted by atomic mass is 19.1. The van der Waals surface area contributed by atoms with Gasteiger partial charge in [-0.2, -0.15) is 0 Å². The molecule has 0 radical (unpaired) electrons. The van der Waals surface area contributed by atoms with Gasteiger partial charge in [-0.25, -0.2) is 13.6 Å². The molecule has 1 aromatic heterocycles. The highest BCUT2D eigenvalue weighted by molar-refractivity contribution is 6.14. The topological polar surface area (TPSA) is 310 Å². The molecular formula is C56H68F2N10O12. The van der Waals surface area contributed by atoms with Crippen LogP contribution in [0.15, 0.2) is 103 Å². The standard InChI is InChI=1S/C56H68F2N10O12/c1-33(2)49(65-55(79)80-32-36-15-11-8-12-16-36)54(78)62-34(3)52(76)64-42(51(59)75)27-44(70)63-41(53(77)61-23-22-60-45(71)30-68-46(72)19-20-47(68)73)21-24-67(48(74)31-69)50(56(4,5)6)43-25-37(39-26-38(57)17-18-40(39)58)29-66(43)28-35-13-9-7-10-14-35/h7-20,25-26,29,33-34,41-42,49-50,69H,21-24,27-28,30-32H2,1-6H3,(H2,59,75)(H,60,71)(H,61,77)(H,62,78)(H,63,70)(H,64,76)(H,65,79)/t34-,41-,42-,49-,50-/m0/s1. The van der Waals surface area contributed by atoms with Crippen molar-refractivity contribution in [2.24, 2.45) is 17.1 Å². The van der Waals surface area contributed by atoms with Crippen LogP contribution in [0.4, 0.5) is 13.6 Å². The van der Waals surface area contributed by atoms with Crippen molar-refractivity contribution in [3.63, 3.8) is 0 Å². The average molecular weight is 1110 g/mol. The van der Waals surface area contributed by atoms with E-state index in [0.29, 0.717) is 16.2 Å². The lowest BCUT2D eigenvalue weighted by molar-refractivity contribution is -0.141. The van der Waals surface area contributed by atoms with Crippen LogP contribution >= 0.6 is 0 Å². The highest BCUT2D eigenvalue weighted by Gasteiger charge is 2.39. The van der Waals surface area contributed by atoms with Gasteiger partial charge in [0.1, 0.15) is 55.6 Å². The molecule has 2 heterocycles. The van der Waals surface area contributed by atoms with E-state index in [9.17, 15) is 57.4 Å². The largest absolute Gasteiger partial charge is 0.445 e. The fourth-order valence-electron chi connectivity index (χ4n) is 8.69. The van der Waals surface area contributed by atoms with Crippen molar-refractivity contribution in [3.8, 4) is 11.1 Å². The Morgan fingerprint density at radius 3 is 1.96 bits per heavy atom. The van der Waals surface area contributed by atoms with Gasteiger partial charge < -0.3 is 56.9 Å². The minimum absolute atomic E-state index is 0.0629. The summed E-state index contributed by atoms with van der Waals surface area (Å²) >= 11 is 0. The lowest BCUT2D eigenvalue weighted by Crippen LogP contribution is -2.57. The first-order valence-corrected chi connectivity index (χ1v) is 25.7. The summed E-state index contributed by atoms with van der Waals surface area (Å²) in [5.41, 5.74) is 6.91. The second-order valence-electron chi connectivity index (χ2n) is 20.4. The molecule has 0 spiro atoms. The average Bonchev–Trinajstić information content (AvgIpc) is 3.96. The lowest BCUT2D eigenvalue weighted by atomic mass is 9.82. The van der Waals surface area contributed by atoms with E-state index in [4.69, 9.17) is 10.5 Å². The van der Waals surface area contributed by atoms with Crippen LogP contribution in [-0.2, 0) is 61.0 Å². The van der Waals surface area contributed by atoms with Gasteiger partial charge in [0.05, 0.1) is 12.5 Å². The number of imide groups is 1. The van der Waals surface area contributed by atoms with Crippen molar-refractivity contribution >= 4 is 59.3 Å². The van der Waals surface area contributed by atoms with Crippen LogP contribution in [-0.4, -0.2) is 136 Å². The van der Waals surface area contributed by atoms with Gasteiger partial charge >= 0.3 is 6.09 Å². The number of aromatic nitrogens is 1. The van der Waals surface area contributed by atoms with Gasteiger partial charge in [0.2, 0.25) is 41.4 Å². The predicted octanol–water partition coefficient (Wildman–Crippen LogP) is 2.24. The molecule has 0 unspecified atom stereocenters. The zero-order valence-corrected chi connectivity index (χ0v) is 45.3. The molecule has 0 fully saturated rings. The molecule has 0 aliphatic carbocycles. The number of carbonyl (C=O) groups is 10. The summed E-state index contributed by atoms with van der Waals surface area (Å²) < 4.78 is 37.0. The number of benzene rings is 3. The highest BCUT2D eigenvalue weighted by Crippen LogP contribution is 2.41. The van der Waals surface area contributed by atoms with E-state index < -0.39 is 132 Å². The minimum Gasteiger partial charge on any atom is -0.445 e. The number of rotatable bonds is 27. The zero-order chi connectivity index (χ0) is 58.8. The number of carbonyl (C=O) groups excluding carboxylic acids is 10. The number of ether oxygens (including phenoxy) is 1. The molecule has 4 aromatic rings. The van der Waals surface area contributed by atoms with Gasteiger partial charge in [-0.1, -0.05) is 95.3 Å². The summed E-state index contributed by atoms with van der Waals surface area (Å²) in [7, 11) is 0. The number of nitrogens with zero attached hydrogens (tertiary/aromatic N) is 3. The zero-order valence-electron chi connectivity index (χ0n) is 45.3. The Balaban J connectivity index is 1.36. The van der Waals surface area contributed by atoms with Crippen LogP contribution in [0.3, 0.4) is 0 Å². The van der Waals surface area contributed by atoms with Crippen molar-refractivity contribution < 1.29 is 66.6 Å². The first-order chi connectivity index (χ1) is 37.9. The molecule has 10 amide bonds. The molecule has 24 heteroatoms. The number of nitrogens with one attached hydrogen (secondary N) is 6. The van der Waals surface area contributed by atoms with Crippen molar-refractivity contribution in [2.75, 3.05) is 32.8 Å². The Kier molecular flexibility index (Phi) is 22.3. The molecule has 22 nitrogen and oxygen atoms in total. The molecule has 428 valence electrons. The molecule has 9 N–H and O–H groups in total. The molecule has 0 bridgehead atoms. The van der Waals surface area contributed by atoms with Gasteiger partial charge in [-0.15, -0.1) is 0 Å². The first kappa shape index (κ1) is 62.0. The van der Waals surface area contributed by atoms with Gasteiger partial charge in [0, 0.05) is 61.3 Å². The number of amides is 10. The van der Waals surface area contributed by atoms with E-state index in [-0.39, 0.29) is 50.3 Å². The molecule has 3 aromatic carbocycles. The minimum atomic E-state index is -1.72. The molecule has 5 atom stereocenters. The Morgan fingerprint density at radius 2 is 1.36 bits per heavy atom. The van der Waals surface area contributed by atoms with E-state index in [0.717, 1.165) is 35.9 Å². The Labute approximate surface area is 461 Å². The number of halogens is 2. The van der Waals surface area contributed by atoms with Crippen LogP contribution in [0, 0.1) is 23.0 Å². The number of hydrogen-bond acceptors (Lipinski definition) is 12. The van der Waals surface area contributed by atoms with Crippen LogP contribution in [0.25, 0.3) is 11.1 Å². The quantitative estimate of drug-likeness (QED) is 0.0315. The Hall–Kier alpha value is -8.80. The van der Waals surface area contributed by atoms with Crippen molar-refractivity contribution in [1.29, 1.82) is 0 Å². The van der Waals surface area contributed by atoms with Crippen molar-refractivity contribution in [1.82, 2.24) is 46.3 Å². The van der Waals surface area contributed by atoms with Crippen LogP contribution < -0.4 is 37.6 Å². The van der Waals surface area contributed by atoms with E-state index in [1.807, 2.05) is 30.3 Å². The Morgan fingerprint density at radius 1 is 0.738 bits per heavy atom. The van der Waals surface area contributed by atoms with E-state index in [2.05, 4.69) is 31.9 Å². The molecular weight excluding hydrogens is 1040 g/mol. The number of aliphatic hydroxyl groups excluding tert-OH is 1. The van der Waals surface area contributed by atoms with Crippen LogP contribution in [0.1, 0.15) is 77.2 Å². The molecule has 1 aliphatic rings. The van der Waals surface area contributed by atoms with Gasteiger partial charge in [-0.3, -0.25) is 48.1 Å². The maximum absolute atomic E-state index is 15.4. The maximum Gasteiger partial charge on any atom is 0.408 e. The van der Waals surface area contributed by atoms with E-state index >= 15 is 4.39 Å². The SMILES string of the molecule is CC(C)[C@H](NC(=O)OCc1ccccc1)C(=O)N[C@@H](C)C(=O)N[C@@H](CC(=O)N[C@@H](CCN(C(=O)CO)[C@@H](c1cc(-c2cc(F)ccc2F)cn1Cc1ccccc1)C(C)(C)C)C(=O)NCCNC(=O)CN1C(=O)C=CC1=O)C(N)=O. The summed E-state index contributed by atoms with van der Waals surface area (Å²) in [6.45, 7) is 7.66. The fourth-order valence-corrected chi connectivity index (χ4v) is 8.69. The second-order valence-corrected chi connectivity index (χ2v) is 20.4. The number of aliphatic hydroxyl groups is 1. The lowest BCUT2D eigenvalue weighted by Gasteiger charge is -2.41. The van der Waals surface area contributed by atoms with Gasteiger partial charge in [0.15, 0.2) is 0 Å². The number of hydrogen-bond donors (Lipinski definition) is 8. The van der Waals surface area contributed by atoms with Gasteiger partial charge in [0.25, 0.3) is 11.8 Å². The number of primary amides is 1. The predicted molar refractivity (Wildman–Crippen MR) is 286 cm³/mol. The van der Waals surface area contributed by atoms with E-state index in [1.165, 1.54) is 11.8 Å². The van der Waals surface area contributed by atoms with Crippen LogP contribution in [0.5, 0.6) is 0 Å². The van der Waals surface area contributed by atoms with Crippen molar-refractivity contribution in [3.05, 3.63) is 132 Å². The monoisotopic (exact) mass is 1110 g/mol. The normalized spacial score (nSPS) is 14.1. The molecule has 0 saturated heterocycles. The third-order valence-corrected chi connectivity index (χ3v) is 12.7. The van der Waals surface area contributed by atoms with Crippen molar-refractivity contribution in [2.45, 2.75) is 97.7 Å². The number of nitrogens with two attached hydrogens (primary N) is 1. The smallest absolute Gasteiger partial charge is 0.408 e. The molecule has 80 heavy (non-hydrogen) atoms. The second kappa shape index (κ2) is 28.7. The summed E-state index contributed by atoms with van der Waals surface area (Å²) in [6.07, 6.45) is 1.52. The summed E-state index contributed by atoms with van der Waals surface area (Å²) in [6, 6.07) is 15.8. The summed E-state index contributed by atoms with van der Waals surface area (Å²) in [5, 5.41) is 25.3. The number of alkyl carbamates (subject to hydrolysis) is 1. The summed E-state index contributed by atoms with van der Waals surface area (Å²) in [4.78, 5) is 133. The maximum atomic E-state index is 15.4. The fraction of sp³-hybridized carbons (Fsp3) is 0.393.